The summed E-state index contributed by atoms with van der Waals surface area (Å²) in [7, 11) is 0. The van der Waals surface area contributed by atoms with Crippen LogP contribution in [0.4, 0.5) is 5.69 Å². The molecule has 1 aliphatic carbocycles. The van der Waals surface area contributed by atoms with Gasteiger partial charge in [-0.15, -0.1) is 11.3 Å². The van der Waals surface area contributed by atoms with E-state index in [-0.39, 0.29) is 24.5 Å². The molecule has 0 radical (unpaired) electrons. The molecule has 23 heavy (non-hydrogen) atoms. The maximum absolute atomic E-state index is 12.3. The fourth-order valence-electron chi connectivity index (χ4n) is 3.33. The predicted octanol–water partition coefficient (Wildman–Crippen LogP) is 3.04. The number of fused-ring (bicyclic) bond motifs is 1. The third-order valence-corrected chi connectivity index (χ3v) is 5.52. The van der Waals surface area contributed by atoms with Crippen molar-refractivity contribution in [3.63, 3.8) is 0 Å². The summed E-state index contributed by atoms with van der Waals surface area (Å²) in [5.41, 5.74) is 0.843. The van der Waals surface area contributed by atoms with Gasteiger partial charge in [0.15, 0.2) is 0 Å². The molecule has 6 heteroatoms. The van der Waals surface area contributed by atoms with E-state index < -0.39 is 5.97 Å². The minimum absolute atomic E-state index is 0.0282. The van der Waals surface area contributed by atoms with Crippen molar-refractivity contribution in [3.05, 3.63) is 16.3 Å². The summed E-state index contributed by atoms with van der Waals surface area (Å²) in [6.45, 7) is -0.0583. The van der Waals surface area contributed by atoms with Crippen molar-refractivity contribution in [1.82, 2.24) is 0 Å². The van der Waals surface area contributed by atoms with Crippen LogP contribution in [0, 0.1) is 17.2 Å². The Balaban J connectivity index is 1.67. The van der Waals surface area contributed by atoms with Crippen LogP contribution in [0.3, 0.4) is 0 Å². The molecule has 0 unspecified atom stereocenters. The first-order valence-electron chi connectivity index (χ1n) is 8.15. The number of thiophene rings is 1. The smallest absolute Gasteiger partial charge is 0.326 e. The van der Waals surface area contributed by atoms with Gasteiger partial charge < -0.3 is 9.64 Å². The summed E-state index contributed by atoms with van der Waals surface area (Å²) >= 11 is 1.62. The molecule has 0 aromatic carbocycles. The number of rotatable bonds is 3. The van der Waals surface area contributed by atoms with E-state index in [2.05, 4.69) is 6.07 Å². The highest BCUT2D eigenvalue weighted by Crippen LogP contribution is 2.32. The molecule has 1 saturated carbocycles. The van der Waals surface area contributed by atoms with Crippen molar-refractivity contribution < 1.29 is 14.3 Å². The third kappa shape index (κ3) is 3.56. The van der Waals surface area contributed by atoms with E-state index in [1.54, 1.807) is 16.2 Å². The number of anilines is 1. The Bertz CT molecular complexity index is 634. The average Bonchev–Trinajstić information content (AvgIpc) is 2.96. The number of aryl methyl sites for hydroxylation is 1. The Kier molecular flexibility index (Phi) is 4.97. The Hall–Kier alpha value is -1.87. The molecule has 0 spiro atoms. The monoisotopic (exact) mass is 332 g/mol. The van der Waals surface area contributed by atoms with Gasteiger partial charge in [-0.25, -0.2) is 0 Å². The number of amides is 1. The number of ether oxygens (including phenoxy) is 1. The van der Waals surface area contributed by atoms with Gasteiger partial charge in [-0.2, -0.15) is 5.26 Å². The molecule has 0 saturated heterocycles. The zero-order valence-corrected chi connectivity index (χ0v) is 13.8. The van der Waals surface area contributed by atoms with Gasteiger partial charge in [0.25, 0.3) is 0 Å². The molecule has 5 nitrogen and oxygen atoms in total. The molecule has 3 rings (SSSR count). The van der Waals surface area contributed by atoms with Gasteiger partial charge in [0.05, 0.1) is 17.7 Å². The van der Waals surface area contributed by atoms with E-state index in [4.69, 9.17) is 4.74 Å². The predicted molar refractivity (Wildman–Crippen MR) is 87.1 cm³/mol. The van der Waals surface area contributed by atoms with Gasteiger partial charge in [-0.05, 0) is 43.6 Å². The molecule has 1 aliphatic heterocycles. The van der Waals surface area contributed by atoms with Crippen molar-refractivity contribution in [2.75, 3.05) is 11.4 Å². The zero-order valence-electron chi connectivity index (χ0n) is 13.0. The van der Waals surface area contributed by atoms with E-state index in [0.717, 1.165) is 49.1 Å². The van der Waals surface area contributed by atoms with Crippen LogP contribution < -0.4 is 4.90 Å². The molecular formula is C17H20N2O3S. The minimum atomic E-state index is -0.412. The van der Waals surface area contributed by atoms with Crippen molar-refractivity contribution in [3.8, 4) is 6.07 Å². The van der Waals surface area contributed by atoms with Gasteiger partial charge in [0, 0.05) is 11.3 Å². The molecule has 1 amide bonds. The number of hydrogen-bond acceptors (Lipinski definition) is 5. The van der Waals surface area contributed by atoms with Crippen LogP contribution in [0.25, 0.3) is 0 Å². The molecule has 1 fully saturated rings. The number of hydrogen-bond donors (Lipinski definition) is 0. The zero-order chi connectivity index (χ0) is 16.2. The van der Waals surface area contributed by atoms with Gasteiger partial charge in [-0.1, -0.05) is 6.42 Å². The number of nitrogens with zero attached hydrogens (tertiary/aromatic N) is 2. The Labute approximate surface area is 139 Å². The van der Waals surface area contributed by atoms with E-state index in [9.17, 15) is 14.9 Å². The quantitative estimate of drug-likeness (QED) is 0.798. The van der Waals surface area contributed by atoms with Crippen molar-refractivity contribution in [1.29, 1.82) is 5.26 Å². The molecule has 1 aromatic rings. The second-order valence-corrected chi connectivity index (χ2v) is 7.11. The first kappa shape index (κ1) is 16.0. The van der Waals surface area contributed by atoms with E-state index >= 15 is 0 Å². The maximum Gasteiger partial charge on any atom is 0.326 e. The van der Waals surface area contributed by atoms with Crippen molar-refractivity contribution in [2.45, 2.75) is 51.0 Å². The Morgan fingerprint density at radius 1 is 1.35 bits per heavy atom. The van der Waals surface area contributed by atoms with Crippen LogP contribution >= 0.6 is 11.3 Å². The largest absolute Gasteiger partial charge is 0.460 e. The highest BCUT2D eigenvalue weighted by Gasteiger charge is 2.30. The minimum Gasteiger partial charge on any atom is -0.460 e. The molecule has 2 atom stereocenters. The summed E-state index contributed by atoms with van der Waals surface area (Å²) in [5.74, 6) is -0.659. The lowest BCUT2D eigenvalue weighted by molar-refractivity contribution is -0.151. The lowest BCUT2D eigenvalue weighted by Crippen LogP contribution is -2.38. The molecule has 2 aliphatic rings. The van der Waals surface area contributed by atoms with Gasteiger partial charge >= 0.3 is 5.97 Å². The van der Waals surface area contributed by atoms with Crippen LogP contribution in [-0.4, -0.2) is 24.5 Å². The summed E-state index contributed by atoms with van der Waals surface area (Å²) in [6, 6.07) is 4.14. The average molecular weight is 332 g/mol. The SMILES string of the molecule is N#C[C@@H]1CCCC[C@H]1OC(=O)CN1C(=O)CCCc2sccc21. The molecule has 122 valence electrons. The lowest BCUT2D eigenvalue weighted by atomic mass is 9.87. The molecule has 1 aromatic heterocycles. The van der Waals surface area contributed by atoms with Crippen LogP contribution in [0.2, 0.25) is 0 Å². The standard InChI is InChI=1S/C17H20N2O3S/c18-10-12-4-1-2-5-14(12)22-17(21)11-19-13-8-9-23-15(13)6-3-7-16(19)20/h8-9,12,14H,1-7,11H2/t12-,14+/m0/s1. The van der Waals surface area contributed by atoms with Crippen LogP contribution in [0.5, 0.6) is 0 Å². The normalized spacial score (nSPS) is 24.5. The topological polar surface area (TPSA) is 70.4 Å². The highest BCUT2D eigenvalue weighted by molar-refractivity contribution is 7.10. The fraction of sp³-hybridized carbons (Fsp3) is 0.588. The van der Waals surface area contributed by atoms with Crippen molar-refractivity contribution in [2.24, 2.45) is 5.92 Å². The number of nitriles is 1. The first-order chi connectivity index (χ1) is 11.2. The molecule has 0 N–H and O–H groups in total. The second kappa shape index (κ2) is 7.14. The fourth-order valence-corrected chi connectivity index (χ4v) is 4.25. The van der Waals surface area contributed by atoms with Crippen molar-refractivity contribution >= 4 is 28.9 Å². The van der Waals surface area contributed by atoms with Crippen LogP contribution in [0.15, 0.2) is 11.4 Å². The molecular weight excluding hydrogens is 312 g/mol. The summed E-state index contributed by atoms with van der Waals surface area (Å²) in [5, 5.41) is 11.1. The summed E-state index contributed by atoms with van der Waals surface area (Å²) < 4.78 is 5.53. The second-order valence-electron chi connectivity index (χ2n) is 6.11. The molecule has 2 heterocycles. The molecule has 0 bridgehead atoms. The van der Waals surface area contributed by atoms with Gasteiger partial charge in [0.1, 0.15) is 12.6 Å². The van der Waals surface area contributed by atoms with Crippen LogP contribution in [0.1, 0.15) is 43.4 Å². The summed E-state index contributed by atoms with van der Waals surface area (Å²) in [6.07, 6.45) is 5.33. The number of esters is 1. The number of carbonyl (C=O) groups excluding carboxylic acids is 2. The maximum atomic E-state index is 12.3. The van der Waals surface area contributed by atoms with Gasteiger partial charge in [0.2, 0.25) is 5.91 Å². The summed E-state index contributed by atoms with van der Waals surface area (Å²) in [4.78, 5) is 27.3. The first-order valence-corrected chi connectivity index (χ1v) is 9.03. The van der Waals surface area contributed by atoms with E-state index in [1.807, 2.05) is 11.4 Å². The Morgan fingerprint density at radius 3 is 3.00 bits per heavy atom. The highest BCUT2D eigenvalue weighted by atomic mass is 32.1. The van der Waals surface area contributed by atoms with E-state index in [1.165, 1.54) is 0 Å². The van der Waals surface area contributed by atoms with Crippen LogP contribution in [-0.2, 0) is 20.7 Å². The van der Waals surface area contributed by atoms with E-state index in [0.29, 0.717) is 6.42 Å². The lowest BCUT2D eigenvalue weighted by Gasteiger charge is -2.28. The number of carbonyl (C=O) groups is 2. The Morgan fingerprint density at radius 2 is 2.17 bits per heavy atom. The third-order valence-electron chi connectivity index (χ3n) is 4.55. The van der Waals surface area contributed by atoms with Gasteiger partial charge in [-0.3, -0.25) is 9.59 Å².